The third-order valence-corrected chi connectivity index (χ3v) is 2.22. The van der Waals surface area contributed by atoms with E-state index in [1.54, 1.807) is 0 Å². The van der Waals surface area contributed by atoms with Crippen molar-refractivity contribution in [3.05, 3.63) is 24.3 Å². The summed E-state index contributed by atoms with van der Waals surface area (Å²) in [6.07, 6.45) is 7.68. The summed E-state index contributed by atoms with van der Waals surface area (Å²) in [5, 5.41) is 2.11. The van der Waals surface area contributed by atoms with Crippen LogP contribution in [0.3, 0.4) is 0 Å². The molecule has 0 radical (unpaired) electrons. The van der Waals surface area contributed by atoms with E-state index in [1.807, 2.05) is 31.2 Å². The monoisotopic (exact) mass is 196 g/mol. The number of nitrogens with two attached hydrogens (primary N) is 2. The zero-order valence-corrected chi connectivity index (χ0v) is 8.42. The van der Waals surface area contributed by atoms with Gasteiger partial charge in [-0.3, -0.25) is 10.0 Å². The quantitative estimate of drug-likeness (QED) is 0.358. The summed E-state index contributed by atoms with van der Waals surface area (Å²) in [6.45, 7) is 1.99. The minimum atomic E-state index is -0.401. The molecule has 0 bridgehead atoms. The van der Waals surface area contributed by atoms with E-state index >= 15 is 0 Å². The molecule has 0 spiro atoms. The maximum atomic E-state index is 11.4. The Balaban J connectivity index is 2.69. The number of carbonyl (C=O) groups is 1. The molecular weight excluding hydrogens is 180 g/mol. The van der Waals surface area contributed by atoms with E-state index in [-0.39, 0.29) is 12.0 Å². The number of hydrogen-bond donors (Lipinski definition) is 2. The second kappa shape index (κ2) is 4.26. The third kappa shape index (κ3) is 2.12. The number of hydrazine groups is 2. The van der Waals surface area contributed by atoms with Crippen LogP contribution in [-0.2, 0) is 0 Å². The Kier molecular flexibility index (Phi) is 3.27. The van der Waals surface area contributed by atoms with Crippen LogP contribution in [0.2, 0.25) is 0 Å². The Morgan fingerprint density at radius 1 is 1.29 bits per heavy atom. The molecule has 2 atom stereocenters. The van der Waals surface area contributed by atoms with Crippen molar-refractivity contribution in [1.82, 2.24) is 10.0 Å². The van der Waals surface area contributed by atoms with Crippen LogP contribution in [0.4, 0.5) is 4.79 Å². The van der Waals surface area contributed by atoms with Gasteiger partial charge in [-0.1, -0.05) is 31.2 Å². The largest absolute Gasteiger partial charge is 0.348 e. The topological polar surface area (TPSA) is 75.6 Å². The molecule has 14 heavy (non-hydrogen) atoms. The lowest BCUT2D eigenvalue weighted by Gasteiger charge is -2.31. The highest BCUT2D eigenvalue weighted by Gasteiger charge is 2.24. The number of amides is 2. The van der Waals surface area contributed by atoms with Crippen molar-refractivity contribution < 1.29 is 4.79 Å². The number of nitrogens with zero attached hydrogens (tertiary/aromatic N) is 2. The van der Waals surface area contributed by atoms with Crippen LogP contribution in [0.15, 0.2) is 24.3 Å². The van der Waals surface area contributed by atoms with E-state index < -0.39 is 6.03 Å². The molecule has 1 aliphatic carbocycles. The van der Waals surface area contributed by atoms with Gasteiger partial charge in [-0.05, 0) is 5.92 Å². The number of allylic oxidation sites excluding steroid dienone is 2. The van der Waals surface area contributed by atoms with E-state index in [1.165, 1.54) is 7.05 Å². The molecular formula is C9H16N4O. The first-order valence-electron chi connectivity index (χ1n) is 4.45. The first-order valence-corrected chi connectivity index (χ1v) is 4.45. The third-order valence-electron chi connectivity index (χ3n) is 2.22. The fraction of sp³-hybridized carbons (Fsp3) is 0.444. The van der Waals surface area contributed by atoms with Gasteiger partial charge in [0.1, 0.15) is 0 Å². The van der Waals surface area contributed by atoms with E-state index in [0.717, 1.165) is 10.0 Å². The van der Waals surface area contributed by atoms with Crippen LogP contribution in [0, 0.1) is 5.92 Å². The summed E-state index contributed by atoms with van der Waals surface area (Å²) >= 11 is 0. The Hall–Kier alpha value is -1.33. The van der Waals surface area contributed by atoms with Crippen LogP contribution in [0.1, 0.15) is 6.92 Å². The molecule has 78 valence electrons. The molecule has 0 saturated carbocycles. The molecule has 5 nitrogen and oxygen atoms in total. The smallest absolute Gasteiger partial charge is 0.264 e. The van der Waals surface area contributed by atoms with Crippen molar-refractivity contribution in [1.29, 1.82) is 0 Å². The number of rotatable bonds is 1. The Bertz CT molecular complexity index is 272. The summed E-state index contributed by atoms with van der Waals surface area (Å²) in [5.41, 5.74) is 0. The highest BCUT2D eigenvalue weighted by Crippen LogP contribution is 2.16. The molecule has 0 aromatic rings. The molecule has 0 aromatic heterocycles. The predicted octanol–water partition coefficient (Wildman–Crippen LogP) is 0.218. The lowest BCUT2D eigenvalue weighted by molar-refractivity contribution is 0.144. The van der Waals surface area contributed by atoms with Crippen LogP contribution in [-0.4, -0.2) is 29.1 Å². The number of urea groups is 1. The minimum Gasteiger partial charge on any atom is -0.264 e. The summed E-state index contributed by atoms with van der Waals surface area (Å²) in [4.78, 5) is 11.4. The van der Waals surface area contributed by atoms with Crippen molar-refractivity contribution in [3.63, 3.8) is 0 Å². The van der Waals surface area contributed by atoms with Crippen LogP contribution < -0.4 is 11.7 Å². The van der Waals surface area contributed by atoms with Crippen molar-refractivity contribution in [2.45, 2.75) is 13.0 Å². The number of hydrogen-bond acceptors (Lipinski definition) is 3. The van der Waals surface area contributed by atoms with Crippen molar-refractivity contribution >= 4 is 6.03 Å². The normalized spacial score (nSPS) is 24.9. The summed E-state index contributed by atoms with van der Waals surface area (Å²) in [6, 6.07) is -0.527. The van der Waals surface area contributed by atoms with Crippen LogP contribution >= 0.6 is 0 Å². The zero-order valence-electron chi connectivity index (χ0n) is 8.42. The van der Waals surface area contributed by atoms with Gasteiger partial charge in [-0.15, -0.1) is 0 Å². The molecule has 5 heteroatoms. The van der Waals surface area contributed by atoms with Gasteiger partial charge >= 0.3 is 6.03 Å². The van der Waals surface area contributed by atoms with E-state index in [2.05, 4.69) is 0 Å². The molecule has 0 heterocycles. The standard InChI is InChI=1S/C9H16N4O/c1-7-5-3-4-6-8(7)13(11)9(14)12(2)10/h3-8H,10-11H2,1-2H3. The molecule has 2 unspecified atom stereocenters. The number of carbonyl (C=O) groups excluding carboxylic acids is 1. The molecule has 4 N–H and O–H groups in total. The minimum absolute atomic E-state index is 0.126. The fourth-order valence-electron chi connectivity index (χ4n) is 1.36. The van der Waals surface area contributed by atoms with Gasteiger partial charge in [0, 0.05) is 7.05 Å². The first kappa shape index (κ1) is 10.7. The Labute approximate surface area is 83.6 Å². The van der Waals surface area contributed by atoms with Crippen molar-refractivity contribution in [2.75, 3.05) is 7.05 Å². The van der Waals surface area contributed by atoms with Gasteiger partial charge in [0.2, 0.25) is 0 Å². The molecule has 2 amide bonds. The maximum absolute atomic E-state index is 11.4. The van der Waals surface area contributed by atoms with Gasteiger partial charge in [0.05, 0.1) is 6.04 Å². The first-order chi connectivity index (χ1) is 6.54. The summed E-state index contributed by atoms with van der Waals surface area (Å²) in [7, 11) is 1.47. The molecule has 1 aliphatic rings. The van der Waals surface area contributed by atoms with Gasteiger partial charge in [-0.25, -0.2) is 16.5 Å². The predicted molar refractivity (Wildman–Crippen MR) is 54.6 cm³/mol. The molecule has 0 saturated heterocycles. The summed E-state index contributed by atoms with van der Waals surface area (Å²) < 4.78 is 0. The highest BCUT2D eigenvalue weighted by molar-refractivity contribution is 5.73. The lowest BCUT2D eigenvalue weighted by Crippen LogP contribution is -2.54. The van der Waals surface area contributed by atoms with Gasteiger partial charge in [-0.2, -0.15) is 0 Å². The lowest BCUT2D eigenvalue weighted by atomic mass is 9.97. The Morgan fingerprint density at radius 2 is 1.86 bits per heavy atom. The maximum Gasteiger partial charge on any atom is 0.348 e. The van der Waals surface area contributed by atoms with Crippen LogP contribution in [0.25, 0.3) is 0 Å². The van der Waals surface area contributed by atoms with Gasteiger partial charge in [0.15, 0.2) is 0 Å². The van der Waals surface area contributed by atoms with Crippen LogP contribution in [0.5, 0.6) is 0 Å². The molecule has 0 aromatic carbocycles. The molecule has 0 aliphatic heterocycles. The average Bonchev–Trinajstić information content (AvgIpc) is 2.16. The zero-order chi connectivity index (χ0) is 10.7. The van der Waals surface area contributed by atoms with E-state index in [9.17, 15) is 4.79 Å². The van der Waals surface area contributed by atoms with Gasteiger partial charge in [0.25, 0.3) is 0 Å². The van der Waals surface area contributed by atoms with Crippen molar-refractivity contribution in [2.24, 2.45) is 17.6 Å². The SMILES string of the molecule is CC1C=CC=CC1N(N)C(=O)N(C)N. The Morgan fingerprint density at radius 3 is 2.36 bits per heavy atom. The fourth-order valence-corrected chi connectivity index (χ4v) is 1.36. The second-order valence-corrected chi connectivity index (χ2v) is 3.42. The van der Waals surface area contributed by atoms with Crippen molar-refractivity contribution in [3.8, 4) is 0 Å². The highest BCUT2D eigenvalue weighted by atomic mass is 16.2. The van der Waals surface area contributed by atoms with Gasteiger partial charge < -0.3 is 0 Å². The second-order valence-electron chi connectivity index (χ2n) is 3.42. The average molecular weight is 196 g/mol. The molecule has 0 fully saturated rings. The summed E-state index contributed by atoms with van der Waals surface area (Å²) in [5.74, 6) is 11.2. The van der Waals surface area contributed by atoms with E-state index in [0.29, 0.717) is 0 Å². The molecule has 1 rings (SSSR count). The van der Waals surface area contributed by atoms with E-state index in [4.69, 9.17) is 11.7 Å².